The van der Waals surface area contributed by atoms with Crippen LogP contribution in [0.25, 0.3) is 0 Å². The van der Waals surface area contributed by atoms with E-state index in [0.717, 1.165) is 24.2 Å². The number of benzene rings is 2. The van der Waals surface area contributed by atoms with Crippen LogP contribution < -0.4 is 75.3 Å². The number of H-pyrrole nitrogens is 1. The maximum Gasteiger partial charge on any atom is 0.305 e. The highest BCUT2D eigenvalue weighted by molar-refractivity contribution is 7.99. The molecule has 0 radical (unpaired) electrons. The first kappa shape index (κ1) is 96.6. The van der Waals surface area contributed by atoms with Crippen molar-refractivity contribution in [3.8, 4) is 0 Å². The van der Waals surface area contributed by atoms with E-state index in [1.807, 2.05) is 12.3 Å². The molecule has 5 heterocycles. The van der Waals surface area contributed by atoms with Gasteiger partial charge in [0.25, 0.3) is 0 Å². The van der Waals surface area contributed by atoms with Crippen LogP contribution in [-0.4, -0.2) is 285 Å². The number of thioether (sulfide) groups is 3. The van der Waals surface area contributed by atoms with Crippen molar-refractivity contribution in [1.82, 2.24) is 88.6 Å². The van der Waals surface area contributed by atoms with Gasteiger partial charge in [-0.2, -0.15) is 35.3 Å². The summed E-state index contributed by atoms with van der Waals surface area (Å²) in [5.74, 6) is -17.6. The molecule has 41 nitrogen and oxygen atoms in total. The fourth-order valence-electron chi connectivity index (χ4n) is 13.7. The highest BCUT2D eigenvalue weighted by Gasteiger charge is 2.46. The van der Waals surface area contributed by atoms with E-state index in [9.17, 15) is 87.9 Å². The van der Waals surface area contributed by atoms with Gasteiger partial charge in [0.2, 0.25) is 76.8 Å². The monoisotopic (exact) mass is 1740 g/mol. The number of fused-ring (bicyclic) bond motifs is 4. The van der Waals surface area contributed by atoms with Crippen molar-refractivity contribution in [2.24, 2.45) is 11.5 Å². The molecule has 13 amide bonds. The number of aromatic nitrogens is 3. The van der Waals surface area contributed by atoms with Crippen LogP contribution in [0.15, 0.2) is 91.6 Å². The van der Waals surface area contributed by atoms with Crippen molar-refractivity contribution in [2.45, 2.75) is 206 Å². The average Bonchev–Trinajstić information content (AvgIpc) is 1.67. The molecule has 3 aliphatic rings. The summed E-state index contributed by atoms with van der Waals surface area (Å²) in [7, 11) is 0. The predicted molar refractivity (Wildman–Crippen MR) is 441 cm³/mol. The number of aliphatic hydroxyl groups is 2. The summed E-state index contributed by atoms with van der Waals surface area (Å²) in [5.41, 5.74) is 13.1. The summed E-state index contributed by atoms with van der Waals surface area (Å²) in [6.07, 6.45) is 0.238. The minimum absolute atomic E-state index is 0.000507. The lowest BCUT2D eigenvalue weighted by atomic mass is 10.0. The number of carboxylic acid groups (broad SMARTS) is 3. The molecule has 1 unspecified atom stereocenters. The normalized spacial score (nSPS) is 21.0. The Hall–Kier alpha value is -11.5. The van der Waals surface area contributed by atoms with Gasteiger partial charge in [-0.3, -0.25) is 92.4 Å². The number of primary amides is 1. The van der Waals surface area contributed by atoms with Crippen LogP contribution in [0.1, 0.15) is 112 Å². The average molecular weight is 1740 g/mol. The smallest absolute Gasteiger partial charge is 0.305 e. The predicted octanol–water partition coefficient (Wildman–Crippen LogP) is -4.16. The fourth-order valence-corrected chi connectivity index (χ4v) is 16.2. The topological polar surface area (TPSA) is 643 Å². The van der Waals surface area contributed by atoms with Gasteiger partial charge in [0, 0.05) is 93.8 Å². The zero-order chi connectivity index (χ0) is 88.4. The molecule has 658 valence electrons. The van der Waals surface area contributed by atoms with E-state index in [-0.39, 0.29) is 81.1 Å². The van der Waals surface area contributed by atoms with Crippen molar-refractivity contribution < 1.29 is 102 Å². The number of carboxylic acids is 3. The highest BCUT2D eigenvalue weighted by Crippen LogP contribution is 2.28. The van der Waals surface area contributed by atoms with E-state index < -0.39 is 229 Å². The Morgan fingerprint density at radius 1 is 0.645 bits per heavy atom. The second-order valence-electron chi connectivity index (χ2n) is 29.2. The molecule has 0 spiro atoms. The molecule has 3 aliphatic heterocycles. The molecule has 0 saturated carbocycles. The van der Waals surface area contributed by atoms with Crippen LogP contribution in [0.2, 0.25) is 0 Å². The van der Waals surface area contributed by atoms with E-state index in [2.05, 4.69) is 78.8 Å². The number of nitrogens with two attached hydrogens (primary N) is 2. The minimum atomic E-state index is -2.12. The number of carbonyl (C=O) groups excluding carboxylic acids is 13. The Labute approximate surface area is 708 Å². The van der Waals surface area contributed by atoms with Crippen LogP contribution in [-0.2, 0) is 107 Å². The Bertz CT molecular complexity index is 4280. The van der Waals surface area contributed by atoms with E-state index >= 15 is 14.4 Å². The van der Waals surface area contributed by atoms with Crippen LogP contribution in [0.4, 0.5) is 0 Å². The molecule has 2 bridgehead atoms. The van der Waals surface area contributed by atoms with Crippen molar-refractivity contribution in [3.63, 3.8) is 0 Å². The van der Waals surface area contributed by atoms with Gasteiger partial charge in [-0.15, -0.1) is 0 Å². The number of aromatic amines is 1. The molecule has 2 aromatic carbocycles. The first-order valence-corrected chi connectivity index (χ1v) is 42.8. The zero-order valence-corrected chi connectivity index (χ0v) is 69.3. The van der Waals surface area contributed by atoms with Gasteiger partial charge in [0.05, 0.1) is 43.1 Å². The lowest BCUT2D eigenvalue weighted by molar-refractivity contribution is -0.148. The molecule has 7 rings (SSSR count). The third-order valence-electron chi connectivity index (χ3n) is 19.8. The maximum absolute atomic E-state index is 15.2. The molecule has 121 heavy (non-hydrogen) atoms. The number of rotatable bonds is 36. The van der Waals surface area contributed by atoms with Crippen molar-refractivity contribution in [1.29, 1.82) is 5.41 Å². The minimum Gasteiger partial charge on any atom is -0.481 e. The second kappa shape index (κ2) is 48.7. The number of hydrogen-bond acceptors (Lipinski definition) is 25. The summed E-state index contributed by atoms with van der Waals surface area (Å²) in [4.78, 5) is 238. The molecular formula is C77H106N20O21S3. The van der Waals surface area contributed by atoms with E-state index in [4.69, 9.17) is 16.9 Å². The highest BCUT2D eigenvalue weighted by atomic mass is 32.2. The molecule has 2 aromatic heterocycles. The quantitative estimate of drug-likeness (QED) is 0.00889. The lowest BCUT2D eigenvalue weighted by Gasteiger charge is -2.34. The van der Waals surface area contributed by atoms with Crippen molar-refractivity contribution in [3.05, 3.63) is 120 Å². The van der Waals surface area contributed by atoms with Gasteiger partial charge in [-0.25, -0.2) is 4.98 Å². The summed E-state index contributed by atoms with van der Waals surface area (Å²) in [6.45, 7) is 2.58. The van der Waals surface area contributed by atoms with Crippen molar-refractivity contribution in [2.75, 3.05) is 43.1 Å². The second-order valence-corrected chi connectivity index (χ2v) is 32.3. The molecule has 0 aliphatic carbocycles. The number of aliphatic carboxylic acids is 3. The lowest BCUT2D eigenvalue weighted by Crippen LogP contribution is -2.62. The number of guanidine groups is 1. The Morgan fingerprint density at radius 3 is 1.84 bits per heavy atom. The molecule has 4 aromatic rings. The van der Waals surface area contributed by atoms with E-state index in [0.29, 0.717) is 41.7 Å². The van der Waals surface area contributed by atoms with E-state index in [1.165, 1.54) is 77.3 Å². The first-order chi connectivity index (χ1) is 57.7. The number of nitrogens with zero attached hydrogens (tertiary/aromatic N) is 4. The van der Waals surface area contributed by atoms with Gasteiger partial charge in [0.1, 0.15) is 72.7 Å². The van der Waals surface area contributed by atoms with Crippen molar-refractivity contribution >= 4 is 136 Å². The van der Waals surface area contributed by atoms with Gasteiger partial charge < -0.3 is 110 Å². The number of nitrogens with one attached hydrogen (secondary N) is 14. The van der Waals surface area contributed by atoms with Crippen LogP contribution >= 0.6 is 35.3 Å². The Balaban J connectivity index is 1.25. The largest absolute Gasteiger partial charge is 0.481 e. The number of pyridine rings is 1. The number of aliphatic hydroxyl groups excluding tert-OH is 2. The number of imidazole rings is 1. The third kappa shape index (κ3) is 31.6. The van der Waals surface area contributed by atoms with Crippen LogP contribution in [0.3, 0.4) is 0 Å². The molecule has 2 fully saturated rings. The van der Waals surface area contributed by atoms with Gasteiger partial charge in [-0.05, 0) is 98.6 Å². The molecule has 15 atom stereocenters. The van der Waals surface area contributed by atoms with Crippen LogP contribution in [0.5, 0.6) is 0 Å². The SMILES string of the molecule is CSCC[C@H](NC(C)=O)C(O)N[C@H]1CSCc2cccc(c2)CSC[C@@H](C(=O)N[C@@H](CC(=O)O)C(=O)N[C@@H](Cc2c[nH]cn2)C(=O)N[C@@H](Cc2cccnc2)C(=O)N[C@@H](CCCNC(=N)N)C(=O)N[C@@H](CC(=O)O)C(N)=O)NC(=O)[C@H](Cc2ccccc2)NC(=O)[C@H](CCC(=O)O)NC(=O)[C@H]([C@@H](C)O)NC(=O)[C@@H]2CCCN2C(=O)[C@@H]2CCCN2C1=O. The first-order valence-electron chi connectivity index (χ1n) is 39.1. The molecule has 23 N–H and O–H groups in total. The zero-order valence-electron chi connectivity index (χ0n) is 66.8. The molecule has 2 saturated heterocycles. The van der Waals surface area contributed by atoms with Gasteiger partial charge in [0.15, 0.2) is 5.96 Å². The van der Waals surface area contributed by atoms with Gasteiger partial charge in [-0.1, -0.05) is 60.7 Å². The molecular weight excluding hydrogens is 1640 g/mol. The third-order valence-corrected chi connectivity index (χ3v) is 22.6. The number of carbonyl (C=O) groups is 16. The summed E-state index contributed by atoms with van der Waals surface area (Å²) in [5, 5.41) is 91.0. The van der Waals surface area contributed by atoms with Crippen LogP contribution in [0, 0.1) is 5.41 Å². The van der Waals surface area contributed by atoms with E-state index in [1.54, 1.807) is 48.5 Å². The standard InChI is InChI=1S/C77H106N20O21S3/c1-41(98)63-74(116)87-49(20-21-60(100)101)66(108)89-52(29-43-12-5-4-6-13-43)69(111)93-56(38-120-36-45-14-7-15-46(28-45)37-121-39-57(94-67(109)50(22-27-119-3)85-42(2)99)75(117)97-26-11-19-59(97)76(118)96-25-10-18-58(96)73(115)95-63)72(114)92-55(33-62(104)105)71(113)91-54(31-47-35-82-40-84-47)70(112)90-53(30-44-16-8-23-81-34-44)68(110)86-48(17-9-24-83-77(79)80)65(107)88-51(64(78)106)32-61(102)103/h4-8,12-16,23,28,34-35,40-41,48-59,63,67,94,98,109H,9-11,17-22,24-27,29-33,36-39H2,1-3H3,(H2,78,106)(H,82,84)(H,85,99)(H,86,110)(H,87,116)(H,88,107)(H,89,108)(H,90,112)(H,91,113)(H,92,114)(H,93,111)(H,95,115)(H,100,101)(H,102,103)(H,104,105)(H4,79,80,83)/t41-,48+,49+,50+,51+,52+,53+,54+,55+,56+,57+,58+,59+,63+,67?/m1/s1. The summed E-state index contributed by atoms with van der Waals surface area (Å²) < 4.78 is 0. The molecule has 44 heteroatoms. The Kier molecular flexibility index (Phi) is 38.9. The number of amides is 13. The number of hydrogen-bond donors (Lipinski definition) is 21. The summed E-state index contributed by atoms with van der Waals surface area (Å²) >= 11 is 3.81. The maximum atomic E-state index is 15.2. The van der Waals surface area contributed by atoms with Gasteiger partial charge >= 0.3 is 17.9 Å². The Morgan fingerprint density at radius 2 is 1.24 bits per heavy atom. The fraction of sp³-hybridized carbons (Fsp3) is 0.519. The summed E-state index contributed by atoms with van der Waals surface area (Å²) in [6, 6.07) is -2.33.